The highest BCUT2D eigenvalue weighted by Crippen LogP contribution is 2.28. The van der Waals surface area contributed by atoms with Gasteiger partial charge in [-0.25, -0.2) is 19.9 Å². The van der Waals surface area contributed by atoms with Crippen LogP contribution in [0, 0.1) is 0 Å². The van der Waals surface area contributed by atoms with Crippen LogP contribution in [0.25, 0.3) is 11.4 Å². The molecule has 2 aliphatic rings. The number of carbonyl (C=O) groups is 1. The predicted molar refractivity (Wildman–Crippen MR) is 110 cm³/mol. The van der Waals surface area contributed by atoms with Crippen molar-refractivity contribution in [3.05, 3.63) is 60.0 Å². The highest BCUT2D eigenvalue weighted by molar-refractivity contribution is 5.96. The summed E-state index contributed by atoms with van der Waals surface area (Å²) in [5, 5.41) is 2.90. The standard InChI is InChI=1S/C21H21N7O/c29-20-17-16(7-10-22-20)19(26-18(25-17)15-5-2-1-3-6-15)27-11-13-28(14-12-27)21-23-8-4-9-24-21/h1-6,8-9H,7,10-14H2,(H,22,29). The van der Waals surface area contributed by atoms with Gasteiger partial charge in [0.15, 0.2) is 5.82 Å². The second kappa shape index (κ2) is 7.46. The van der Waals surface area contributed by atoms with Gasteiger partial charge in [-0.05, 0) is 12.5 Å². The van der Waals surface area contributed by atoms with Crippen molar-refractivity contribution < 1.29 is 4.79 Å². The Morgan fingerprint density at radius 2 is 1.59 bits per heavy atom. The first-order chi connectivity index (χ1) is 14.3. The van der Waals surface area contributed by atoms with Crippen LogP contribution < -0.4 is 15.1 Å². The number of nitrogens with zero attached hydrogens (tertiary/aromatic N) is 6. The Balaban J connectivity index is 1.48. The quantitative estimate of drug-likeness (QED) is 0.729. The molecule has 0 unspecified atom stereocenters. The minimum absolute atomic E-state index is 0.122. The van der Waals surface area contributed by atoms with Crippen LogP contribution in [0.5, 0.6) is 0 Å². The Hall–Kier alpha value is -3.55. The number of rotatable bonds is 3. The highest BCUT2D eigenvalue weighted by atomic mass is 16.1. The van der Waals surface area contributed by atoms with E-state index in [-0.39, 0.29) is 5.91 Å². The maximum absolute atomic E-state index is 12.5. The second-order valence-corrected chi connectivity index (χ2v) is 7.09. The number of nitrogens with one attached hydrogen (secondary N) is 1. The first-order valence-corrected chi connectivity index (χ1v) is 9.81. The van der Waals surface area contributed by atoms with E-state index in [9.17, 15) is 4.79 Å². The molecule has 4 heterocycles. The summed E-state index contributed by atoms with van der Waals surface area (Å²) in [6.45, 7) is 3.80. The number of carbonyl (C=O) groups excluding carboxylic acids is 1. The molecule has 1 fully saturated rings. The van der Waals surface area contributed by atoms with Gasteiger partial charge in [-0.2, -0.15) is 0 Å². The highest BCUT2D eigenvalue weighted by Gasteiger charge is 2.28. The zero-order valence-electron chi connectivity index (χ0n) is 16.0. The molecular weight excluding hydrogens is 366 g/mol. The zero-order valence-corrected chi connectivity index (χ0v) is 16.0. The third-order valence-corrected chi connectivity index (χ3v) is 5.31. The molecule has 8 nitrogen and oxygen atoms in total. The van der Waals surface area contributed by atoms with Crippen molar-refractivity contribution in [2.75, 3.05) is 42.5 Å². The summed E-state index contributed by atoms with van der Waals surface area (Å²) < 4.78 is 0. The van der Waals surface area contributed by atoms with Gasteiger partial charge in [0, 0.05) is 56.2 Å². The minimum atomic E-state index is -0.122. The van der Waals surface area contributed by atoms with Crippen molar-refractivity contribution in [2.24, 2.45) is 0 Å². The molecule has 3 aromatic rings. The van der Waals surface area contributed by atoms with Gasteiger partial charge >= 0.3 is 0 Å². The largest absolute Gasteiger partial charge is 0.353 e. The molecule has 0 spiro atoms. The van der Waals surface area contributed by atoms with Gasteiger partial charge in [0.1, 0.15) is 11.5 Å². The second-order valence-electron chi connectivity index (χ2n) is 7.09. The molecule has 1 amide bonds. The predicted octanol–water partition coefficient (Wildman–Crippen LogP) is 1.55. The average Bonchev–Trinajstić information content (AvgIpc) is 2.80. The molecule has 2 aliphatic heterocycles. The Bertz CT molecular complexity index is 1020. The van der Waals surface area contributed by atoms with Gasteiger partial charge in [0.2, 0.25) is 5.95 Å². The van der Waals surface area contributed by atoms with Gasteiger partial charge in [-0.1, -0.05) is 30.3 Å². The molecule has 2 aromatic heterocycles. The van der Waals surface area contributed by atoms with Crippen LogP contribution in [-0.2, 0) is 6.42 Å². The fourth-order valence-electron chi connectivity index (χ4n) is 3.83. The van der Waals surface area contributed by atoms with Crippen molar-refractivity contribution in [1.29, 1.82) is 0 Å². The minimum Gasteiger partial charge on any atom is -0.353 e. The summed E-state index contributed by atoms with van der Waals surface area (Å²) >= 11 is 0. The lowest BCUT2D eigenvalue weighted by atomic mass is 10.0. The molecule has 29 heavy (non-hydrogen) atoms. The third kappa shape index (κ3) is 3.37. The fourth-order valence-corrected chi connectivity index (χ4v) is 3.83. The fraction of sp³-hybridized carbons (Fsp3) is 0.286. The van der Waals surface area contributed by atoms with Crippen LogP contribution in [-0.4, -0.2) is 58.6 Å². The maximum Gasteiger partial charge on any atom is 0.270 e. The number of fused-ring (bicyclic) bond motifs is 1. The lowest BCUT2D eigenvalue weighted by Gasteiger charge is -2.36. The summed E-state index contributed by atoms with van der Waals surface area (Å²) in [6, 6.07) is 11.6. The van der Waals surface area contributed by atoms with Crippen LogP contribution in [0.3, 0.4) is 0 Å². The van der Waals surface area contributed by atoms with Crippen LogP contribution >= 0.6 is 0 Å². The van der Waals surface area contributed by atoms with Crippen LogP contribution in [0.2, 0.25) is 0 Å². The molecular formula is C21H21N7O. The molecule has 0 atom stereocenters. The maximum atomic E-state index is 12.5. The van der Waals surface area contributed by atoms with E-state index in [0.717, 1.165) is 55.5 Å². The topological polar surface area (TPSA) is 87.1 Å². The molecule has 5 rings (SSSR count). The first kappa shape index (κ1) is 17.5. The molecule has 0 aliphatic carbocycles. The summed E-state index contributed by atoms with van der Waals surface area (Å²) in [5.74, 6) is 2.09. The van der Waals surface area contributed by atoms with Gasteiger partial charge < -0.3 is 15.1 Å². The number of hydrogen-bond acceptors (Lipinski definition) is 7. The van der Waals surface area contributed by atoms with Crippen LogP contribution in [0.1, 0.15) is 16.1 Å². The molecule has 146 valence electrons. The van der Waals surface area contributed by atoms with Crippen LogP contribution in [0.4, 0.5) is 11.8 Å². The van der Waals surface area contributed by atoms with Crippen molar-refractivity contribution >= 4 is 17.7 Å². The van der Waals surface area contributed by atoms with E-state index < -0.39 is 0 Å². The SMILES string of the molecule is O=C1NCCc2c1nc(-c1ccccc1)nc2N1CCN(c2ncccn2)CC1. The number of aromatic nitrogens is 4. The Morgan fingerprint density at radius 3 is 2.34 bits per heavy atom. The Kier molecular flexibility index (Phi) is 4.51. The van der Waals surface area contributed by atoms with E-state index in [1.165, 1.54) is 0 Å². The lowest BCUT2D eigenvalue weighted by molar-refractivity contribution is 0.0940. The van der Waals surface area contributed by atoms with Crippen LogP contribution in [0.15, 0.2) is 48.8 Å². The number of hydrogen-bond donors (Lipinski definition) is 1. The molecule has 0 saturated carbocycles. The van der Waals surface area contributed by atoms with Gasteiger partial charge in [-0.3, -0.25) is 4.79 Å². The van der Waals surface area contributed by atoms with Gasteiger partial charge in [0.25, 0.3) is 5.91 Å². The number of anilines is 2. The van der Waals surface area contributed by atoms with E-state index in [0.29, 0.717) is 18.1 Å². The van der Waals surface area contributed by atoms with Crippen molar-refractivity contribution in [3.63, 3.8) is 0 Å². The summed E-state index contributed by atoms with van der Waals surface area (Å²) in [7, 11) is 0. The normalized spacial score (nSPS) is 16.3. The smallest absolute Gasteiger partial charge is 0.270 e. The molecule has 1 saturated heterocycles. The average molecular weight is 387 g/mol. The van der Waals surface area contributed by atoms with Crippen molar-refractivity contribution in [2.45, 2.75) is 6.42 Å². The van der Waals surface area contributed by atoms with Crippen molar-refractivity contribution in [3.8, 4) is 11.4 Å². The molecule has 0 bridgehead atoms. The number of amides is 1. The third-order valence-electron chi connectivity index (χ3n) is 5.31. The van der Waals surface area contributed by atoms with E-state index in [1.54, 1.807) is 12.4 Å². The summed E-state index contributed by atoms with van der Waals surface area (Å²) in [4.78, 5) is 35.1. The monoisotopic (exact) mass is 387 g/mol. The molecule has 0 radical (unpaired) electrons. The number of benzene rings is 1. The van der Waals surface area contributed by atoms with E-state index in [1.807, 2.05) is 36.4 Å². The van der Waals surface area contributed by atoms with Crippen molar-refractivity contribution in [1.82, 2.24) is 25.3 Å². The van der Waals surface area contributed by atoms with E-state index >= 15 is 0 Å². The zero-order chi connectivity index (χ0) is 19.6. The Labute approximate surface area is 168 Å². The molecule has 1 aromatic carbocycles. The van der Waals surface area contributed by atoms with Gasteiger partial charge in [-0.15, -0.1) is 0 Å². The Morgan fingerprint density at radius 1 is 0.862 bits per heavy atom. The van der Waals surface area contributed by atoms with E-state index in [4.69, 9.17) is 4.98 Å². The lowest BCUT2D eigenvalue weighted by Crippen LogP contribution is -2.48. The summed E-state index contributed by atoms with van der Waals surface area (Å²) in [5.41, 5.74) is 2.35. The van der Waals surface area contributed by atoms with Gasteiger partial charge in [0.05, 0.1) is 0 Å². The number of piperazine rings is 1. The first-order valence-electron chi connectivity index (χ1n) is 9.81. The molecule has 1 N–H and O–H groups in total. The van der Waals surface area contributed by atoms with E-state index in [2.05, 4.69) is 30.1 Å². The molecule has 8 heteroatoms. The summed E-state index contributed by atoms with van der Waals surface area (Å²) in [6.07, 6.45) is 4.27.